The van der Waals surface area contributed by atoms with E-state index in [1.165, 1.54) is 35.9 Å². The van der Waals surface area contributed by atoms with Gasteiger partial charge in [-0.15, -0.1) is 10.2 Å². The van der Waals surface area contributed by atoms with Gasteiger partial charge in [0, 0.05) is 6.54 Å². The number of anilines is 1. The summed E-state index contributed by atoms with van der Waals surface area (Å²) < 4.78 is 0.801. The Morgan fingerprint density at radius 3 is 2.29 bits per heavy atom. The van der Waals surface area contributed by atoms with Crippen molar-refractivity contribution in [2.75, 3.05) is 17.6 Å². The van der Waals surface area contributed by atoms with Crippen LogP contribution in [0.3, 0.4) is 0 Å². The van der Waals surface area contributed by atoms with Gasteiger partial charge in [0.2, 0.25) is 11.0 Å². The van der Waals surface area contributed by atoms with E-state index in [0.29, 0.717) is 5.75 Å². The summed E-state index contributed by atoms with van der Waals surface area (Å²) in [6.45, 7) is 5.41. The molecular formula is C24H30N4OS2. The maximum atomic E-state index is 12.7. The van der Waals surface area contributed by atoms with Gasteiger partial charge in [0.05, 0.1) is 11.8 Å². The number of carbonyl (C=O) groups is 1. The Hall–Kier alpha value is -2.38. The Labute approximate surface area is 193 Å². The van der Waals surface area contributed by atoms with Crippen LogP contribution >= 0.6 is 23.1 Å². The number of rotatable bonds is 12. The summed E-state index contributed by atoms with van der Waals surface area (Å²) in [7, 11) is 0. The minimum atomic E-state index is -0.173. The van der Waals surface area contributed by atoms with E-state index in [0.717, 1.165) is 39.5 Å². The standard InChI is InChI=1S/C24H30N4OS2/c1-3-18(2)11-10-16-25-23-27-28-24(31-23)30-17-21(29)26-22(19-12-6-4-7-13-19)20-14-8-5-9-15-20/h4-9,12-15,18,22H,3,10-11,16-17H2,1-2H3,(H,25,27)(H,26,29)/t18-/m0/s1. The lowest BCUT2D eigenvalue weighted by Gasteiger charge is -2.19. The fraction of sp³-hybridized carbons (Fsp3) is 0.375. The molecule has 3 rings (SSSR count). The third-order valence-corrected chi connectivity index (χ3v) is 7.17. The molecule has 164 valence electrons. The highest BCUT2D eigenvalue weighted by molar-refractivity contribution is 8.01. The van der Waals surface area contributed by atoms with Gasteiger partial charge in [0.25, 0.3) is 0 Å². The molecule has 2 N–H and O–H groups in total. The minimum absolute atomic E-state index is 0.0269. The number of nitrogens with zero attached hydrogens (tertiary/aromatic N) is 2. The van der Waals surface area contributed by atoms with E-state index in [1.54, 1.807) is 0 Å². The summed E-state index contributed by atoms with van der Waals surface area (Å²) in [5.41, 5.74) is 2.12. The summed E-state index contributed by atoms with van der Waals surface area (Å²) in [4.78, 5) is 12.7. The molecule has 1 atom stereocenters. The average Bonchev–Trinajstić information content (AvgIpc) is 3.27. The molecule has 0 aliphatic carbocycles. The first kappa shape index (κ1) is 23.3. The van der Waals surface area contributed by atoms with Gasteiger partial charge in [-0.1, -0.05) is 104 Å². The fourth-order valence-corrected chi connectivity index (χ4v) is 4.76. The van der Waals surface area contributed by atoms with Gasteiger partial charge in [0.15, 0.2) is 4.34 Å². The molecule has 1 amide bonds. The van der Waals surface area contributed by atoms with Crippen LogP contribution < -0.4 is 10.6 Å². The highest BCUT2D eigenvalue weighted by atomic mass is 32.2. The van der Waals surface area contributed by atoms with E-state index in [9.17, 15) is 4.79 Å². The van der Waals surface area contributed by atoms with Gasteiger partial charge in [0.1, 0.15) is 0 Å². The SMILES string of the molecule is CC[C@H](C)CCCNc1nnc(SCC(=O)NC(c2ccccc2)c2ccccc2)s1. The first-order chi connectivity index (χ1) is 15.2. The highest BCUT2D eigenvalue weighted by Crippen LogP contribution is 2.26. The summed E-state index contributed by atoms with van der Waals surface area (Å²) in [6.07, 6.45) is 3.56. The molecule has 0 saturated heterocycles. The van der Waals surface area contributed by atoms with E-state index in [-0.39, 0.29) is 11.9 Å². The molecule has 0 aliphatic rings. The van der Waals surface area contributed by atoms with Crippen molar-refractivity contribution < 1.29 is 4.79 Å². The van der Waals surface area contributed by atoms with Crippen LogP contribution in [0.1, 0.15) is 50.3 Å². The Morgan fingerprint density at radius 2 is 1.68 bits per heavy atom. The first-order valence-electron chi connectivity index (χ1n) is 10.7. The monoisotopic (exact) mass is 454 g/mol. The average molecular weight is 455 g/mol. The van der Waals surface area contributed by atoms with Crippen LogP contribution in [0.25, 0.3) is 0 Å². The molecule has 7 heteroatoms. The van der Waals surface area contributed by atoms with Gasteiger partial charge in [-0.05, 0) is 29.9 Å². The molecule has 31 heavy (non-hydrogen) atoms. The van der Waals surface area contributed by atoms with Crippen LogP contribution in [0.5, 0.6) is 0 Å². The largest absolute Gasteiger partial charge is 0.360 e. The predicted octanol–water partition coefficient (Wildman–Crippen LogP) is 5.77. The first-order valence-corrected chi connectivity index (χ1v) is 12.5. The second kappa shape index (κ2) is 12.5. The van der Waals surface area contributed by atoms with Crippen molar-refractivity contribution in [2.45, 2.75) is 43.5 Å². The summed E-state index contributed by atoms with van der Waals surface area (Å²) >= 11 is 2.92. The summed E-state index contributed by atoms with van der Waals surface area (Å²) in [6, 6.07) is 19.9. The van der Waals surface area contributed by atoms with Crippen LogP contribution in [-0.4, -0.2) is 28.4 Å². The van der Waals surface area contributed by atoms with Gasteiger partial charge < -0.3 is 10.6 Å². The molecule has 0 aliphatic heterocycles. The normalized spacial score (nSPS) is 12.0. The smallest absolute Gasteiger partial charge is 0.231 e. The van der Waals surface area contributed by atoms with Gasteiger partial charge >= 0.3 is 0 Å². The molecule has 0 saturated carbocycles. The zero-order valence-electron chi connectivity index (χ0n) is 18.1. The Kier molecular flexibility index (Phi) is 9.37. The van der Waals surface area contributed by atoms with E-state index < -0.39 is 0 Å². The van der Waals surface area contributed by atoms with Gasteiger partial charge in [-0.25, -0.2) is 0 Å². The zero-order valence-corrected chi connectivity index (χ0v) is 19.7. The topological polar surface area (TPSA) is 66.9 Å². The lowest BCUT2D eigenvalue weighted by atomic mass is 9.99. The Balaban J connectivity index is 1.50. The van der Waals surface area contributed by atoms with E-state index in [2.05, 4.69) is 34.7 Å². The van der Waals surface area contributed by atoms with E-state index in [4.69, 9.17) is 0 Å². The van der Waals surface area contributed by atoms with Crippen molar-refractivity contribution in [3.8, 4) is 0 Å². The third kappa shape index (κ3) is 7.67. The molecule has 0 bridgehead atoms. The molecule has 3 aromatic rings. The molecular weight excluding hydrogens is 424 g/mol. The van der Waals surface area contributed by atoms with Crippen molar-refractivity contribution in [1.29, 1.82) is 0 Å². The van der Waals surface area contributed by atoms with Gasteiger partial charge in [-0.2, -0.15) is 0 Å². The molecule has 0 spiro atoms. The molecule has 1 heterocycles. The molecule has 0 fully saturated rings. The van der Waals surface area contributed by atoms with E-state index >= 15 is 0 Å². The number of benzene rings is 2. The van der Waals surface area contributed by atoms with Crippen molar-refractivity contribution in [3.05, 3.63) is 71.8 Å². The summed E-state index contributed by atoms with van der Waals surface area (Å²) in [5.74, 6) is 1.04. The Morgan fingerprint density at radius 1 is 1.03 bits per heavy atom. The minimum Gasteiger partial charge on any atom is -0.360 e. The van der Waals surface area contributed by atoms with Crippen molar-refractivity contribution >= 4 is 34.1 Å². The number of carbonyl (C=O) groups excluding carboxylic acids is 1. The fourth-order valence-electron chi connectivity index (χ4n) is 3.17. The maximum absolute atomic E-state index is 12.7. The van der Waals surface area contributed by atoms with Crippen LogP contribution in [0, 0.1) is 5.92 Å². The van der Waals surface area contributed by atoms with Crippen LogP contribution in [0.15, 0.2) is 65.0 Å². The number of nitrogens with one attached hydrogen (secondary N) is 2. The predicted molar refractivity (Wildman–Crippen MR) is 131 cm³/mol. The molecule has 5 nitrogen and oxygen atoms in total. The number of hydrogen-bond acceptors (Lipinski definition) is 6. The number of hydrogen-bond donors (Lipinski definition) is 2. The van der Waals surface area contributed by atoms with E-state index in [1.807, 2.05) is 60.7 Å². The second-order valence-corrected chi connectivity index (χ2v) is 9.77. The lowest BCUT2D eigenvalue weighted by molar-refractivity contribution is -0.119. The quantitative estimate of drug-likeness (QED) is 0.268. The van der Waals surface area contributed by atoms with Crippen LogP contribution in [0.4, 0.5) is 5.13 Å². The number of thioether (sulfide) groups is 1. The summed E-state index contributed by atoms with van der Waals surface area (Å²) in [5, 5.41) is 15.7. The number of amides is 1. The molecule has 0 unspecified atom stereocenters. The highest BCUT2D eigenvalue weighted by Gasteiger charge is 2.17. The number of aromatic nitrogens is 2. The van der Waals surface area contributed by atoms with Crippen LogP contribution in [-0.2, 0) is 4.79 Å². The molecule has 0 radical (unpaired) electrons. The van der Waals surface area contributed by atoms with Crippen molar-refractivity contribution in [1.82, 2.24) is 15.5 Å². The molecule has 1 aromatic heterocycles. The Bertz CT molecular complexity index is 878. The lowest BCUT2D eigenvalue weighted by Crippen LogP contribution is -2.30. The zero-order chi connectivity index (χ0) is 21.9. The van der Waals surface area contributed by atoms with Crippen LogP contribution in [0.2, 0.25) is 0 Å². The van der Waals surface area contributed by atoms with Crippen molar-refractivity contribution in [2.24, 2.45) is 5.92 Å². The molecule has 2 aromatic carbocycles. The third-order valence-electron chi connectivity index (χ3n) is 5.15. The van der Waals surface area contributed by atoms with Gasteiger partial charge in [-0.3, -0.25) is 4.79 Å². The second-order valence-electron chi connectivity index (χ2n) is 7.57. The maximum Gasteiger partial charge on any atom is 0.231 e. The van der Waals surface area contributed by atoms with Crippen molar-refractivity contribution in [3.63, 3.8) is 0 Å².